The first kappa shape index (κ1) is 46.9. The summed E-state index contributed by atoms with van der Waals surface area (Å²) >= 11 is 0. The Bertz CT molecular complexity index is 1890. The summed E-state index contributed by atoms with van der Waals surface area (Å²) in [6, 6.07) is 18.5. The van der Waals surface area contributed by atoms with Crippen LogP contribution in [0, 0.1) is 0 Å². The number of carbonyl (C=O) groups excluding carboxylic acids is 8. The highest BCUT2D eigenvalue weighted by Gasteiger charge is 2.22. The summed E-state index contributed by atoms with van der Waals surface area (Å²) in [6.45, 7) is 8.10. The van der Waals surface area contributed by atoms with Crippen LogP contribution < -0.4 is 10.6 Å². The van der Waals surface area contributed by atoms with Crippen molar-refractivity contribution in [3.8, 4) is 0 Å². The summed E-state index contributed by atoms with van der Waals surface area (Å²) in [4.78, 5) is 97.7. The second-order valence-corrected chi connectivity index (χ2v) is 12.3. The van der Waals surface area contributed by atoms with Gasteiger partial charge in [0.2, 0.25) is 0 Å². The van der Waals surface area contributed by atoms with Crippen molar-refractivity contribution in [2.75, 3.05) is 39.6 Å². The molecule has 0 aliphatic heterocycles. The van der Waals surface area contributed by atoms with Gasteiger partial charge in [0.25, 0.3) is 0 Å². The number of carbonyl (C=O) groups is 8. The average molecular weight is 833 g/mol. The highest BCUT2D eigenvalue weighted by atomic mass is 16.6. The maximum absolute atomic E-state index is 12.7. The van der Waals surface area contributed by atoms with Gasteiger partial charge in [0.15, 0.2) is 0 Å². The molecule has 0 fully saturated rings. The molecule has 2 unspecified atom stereocenters. The molecule has 0 aliphatic rings. The molecule has 0 bridgehead atoms. The zero-order valence-electron chi connectivity index (χ0n) is 32.8. The molecular weight excluding hydrogens is 788 g/mol. The van der Waals surface area contributed by atoms with Crippen LogP contribution in [-0.2, 0) is 60.6 Å². The third kappa shape index (κ3) is 16.5. The molecule has 60 heavy (non-hydrogen) atoms. The van der Waals surface area contributed by atoms with Crippen LogP contribution in [0.5, 0.6) is 0 Å². The smallest absolute Gasteiger partial charge is 0.407 e. The zero-order valence-corrected chi connectivity index (χ0v) is 32.8. The largest absolute Gasteiger partial charge is 0.459 e. The monoisotopic (exact) mass is 832 g/mol. The van der Waals surface area contributed by atoms with Gasteiger partial charge >= 0.3 is 48.0 Å². The number of nitrogens with one attached hydrogen (secondary N) is 2. The molecule has 0 spiro atoms. The molecule has 18 nitrogen and oxygen atoms in total. The number of hydrogen-bond acceptors (Lipinski definition) is 16. The molecule has 2 amide bonds. The molecule has 0 saturated carbocycles. The number of benzene rings is 3. The number of alkyl carbamates (subject to hydrolysis) is 2. The second-order valence-electron chi connectivity index (χ2n) is 12.3. The van der Waals surface area contributed by atoms with Crippen molar-refractivity contribution in [2.24, 2.45) is 0 Å². The molecule has 0 heterocycles. The van der Waals surface area contributed by atoms with E-state index in [0.29, 0.717) is 11.1 Å². The van der Waals surface area contributed by atoms with Crippen molar-refractivity contribution in [1.29, 1.82) is 0 Å². The summed E-state index contributed by atoms with van der Waals surface area (Å²) in [5.41, 5.74) is 1.04. The maximum atomic E-state index is 12.7. The van der Waals surface area contributed by atoms with Crippen LogP contribution in [0.4, 0.5) is 9.59 Å². The molecule has 3 aromatic rings. The summed E-state index contributed by atoms with van der Waals surface area (Å²) < 4.78 is 40.7. The van der Waals surface area contributed by atoms with Gasteiger partial charge in [-0.15, -0.1) is 0 Å². The van der Waals surface area contributed by atoms with Crippen molar-refractivity contribution in [3.63, 3.8) is 0 Å². The molecule has 318 valence electrons. The van der Waals surface area contributed by atoms with Gasteiger partial charge in [0.1, 0.15) is 51.8 Å². The van der Waals surface area contributed by atoms with E-state index in [9.17, 15) is 38.4 Å². The van der Waals surface area contributed by atoms with E-state index in [-0.39, 0.29) is 75.0 Å². The lowest BCUT2D eigenvalue weighted by atomic mass is 10.1. The number of esters is 6. The Labute approximate surface area is 344 Å². The Kier molecular flexibility index (Phi) is 19.5. The van der Waals surface area contributed by atoms with Crippen LogP contribution >= 0.6 is 0 Å². The lowest BCUT2D eigenvalue weighted by Gasteiger charge is -2.16. The molecule has 0 aliphatic carbocycles. The third-order valence-corrected chi connectivity index (χ3v) is 7.57. The molecule has 2 N–H and O–H groups in total. The van der Waals surface area contributed by atoms with Gasteiger partial charge in [-0.1, -0.05) is 61.7 Å². The number of hydrogen-bond donors (Lipinski definition) is 2. The van der Waals surface area contributed by atoms with Crippen LogP contribution in [0.1, 0.15) is 66.4 Å². The first-order valence-electron chi connectivity index (χ1n) is 18.2. The van der Waals surface area contributed by atoms with Crippen LogP contribution in [0.15, 0.2) is 98.1 Å². The van der Waals surface area contributed by atoms with Crippen LogP contribution in [0.25, 0.3) is 0 Å². The Hall–Kier alpha value is -7.50. The first-order chi connectivity index (χ1) is 28.8. The van der Waals surface area contributed by atoms with E-state index in [1.165, 1.54) is 62.4 Å². The highest BCUT2D eigenvalue weighted by molar-refractivity contribution is 6.04. The molecular formula is C42H44N2O16. The van der Waals surface area contributed by atoms with E-state index in [1.807, 2.05) is 0 Å². The SMILES string of the molecule is C=CC(=O)OCCOC(=O)c1ccccc1C(=O)OCC(C)OC(=O)NCc1cccc(CNC(=O)OC(C)COC(=O)c2ccccc2C(=O)OCCOC(=O)C=C)c1. The van der Waals surface area contributed by atoms with E-state index >= 15 is 0 Å². The average Bonchev–Trinajstić information content (AvgIpc) is 3.25. The van der Waals surface area contributed by atoms with Gasteiger partial charge in [0, 0.05) is 25.2 Å². The lowest BCUT2D eigenvalue weighted by molar-refractivity contribution is -0.139. The Morgan fingerprint density at radius 1 is 0.500 bits per heavy atom. The van der Waals surface area contributed by atoms with E-state index in [0.717, 1.165) is 12.2 Å². The molecule has 2 atom stereocenters. The number of rotatable bonds is 22. The van der Waals surface area contributed by atoms with Crippen molar-refractivity contribution in [1.82, 2.24) is 10.6 Å². The molecule has 3 aromatic carbocycles. The van der Waals surface area contributed by atoms with Crippen molar-refractivity contribution in [3.05, 3.63) is 131 Å². The normalized spacial score (nSPS) is 11.2. The van der Waals surface area contributed by atoms with Gasteiger partial charge in [-0.05, 0) is 49.2 Å². The fraction of sp³-hybridized carbons (Fsp3) is 0.286. The lowest BCUT2D eigenvalue weighted by Crippen LogP contribution is -2.31. The molecule has 0 radical (unpaired) electrons. The van der Waals surface area contributed by atoms with Gasteiger partial charge in [0.05, 0.1) is 22.3 Å². The number of ether oxygens (including phenoxy) is 8. The van der Waals surface area contributed by atoms with Crippen LogP contribution in [0.3, 0.4) is 0 Å². The van der Waals surface area contributed by atoms with Gasteiger partial charge < -0.3 is 48.5 Å². The molecule has 0 saturated heterocycles. The summed E-state index contributed by atoms with van der Waals surface area (Å²) in [5.74, 6) is -4.74. The third-order valence-electron chi connectivity index (χ3n) is 7.57. The van der Waals surface area contributed by atoms with E-state index in [4.69, 9.17) is 37.9 Å². The second kappa shape index (κ2) is 25.0. The quantitative estimate of drug-likeness (QED) is 0.0618. The van der Waals surface area contributed by atoms with E-state index < -0.39 is 60.2 Å². The molecule has 0 aromatic heterocycles. The minimum Gasteiger partial charge on any atom is -0.459 e. The standard InChI is InChI=1S/C42H44N2O16/c1-5-35(45)53-18-20-55-37(47)31-14-7-9-16-33(31)39(49)57-25-27(3)59-41(51)43-23-29-12-11-13-30(22-29)24-44-42(52)60-28(4)26-58-40(50)34-17-10-8-15-32(34)38(48)56-21-19-54-36(46)6-2/h5-17,22,27-28H,1-2,18-21,23-26H2,3-4H3,(H,43,51)(H,44,52). The van der Waals surface area contributed by atoms with E-state index in [2.05, 4.69) is 23.8 Å². The zero-order chi connectivity index (χ0) is 43.9. The van der Waals surface area contributed by atoms with Gasteiger partial charge in [-0.2, -0.15) is 0 Å². The fourth-order valence-electron chi connectivity index (χ4n) is 4.76. The minimum absolute atomic E-state index is 0.0559. The summed E-state index contributed by atoms with van der Waals surface area (Å²) in [5, 5.41) is 5.18. The topological polar surface area (TPSA) is 234 Å². The Morgan fingerprint density at radius 3 is 1.18 bits per heavy atom. The van der Waals surface area contributed by atoms with Gasteiger partial charge in [-0.3, -0.25) is 0 Å². The van der Waals surface area contributed by atoms with Crippen LogP contribution in [0.2, 0.25) is 0 Å². The Balaban J connectivity index is 1.37. The van der Waals surface area contributed by atoms with Crippen LogP contribution in [-0.4, -0.2) is 99.9 Å². The maximum Gasteiger partial charge on any atom is 0.407 e. The highest BCUT2D eigenvalue weighted by Crippen LogP contribution is 2.15. The molecule has 18 heteroatoms. The minimum atomic E-state index is -0.868. The number of amides is 2. The predicted molar refractivity (Wildman–Crippen MR) is 208 cm³/mol. The first-order valence-corrected chi connectivity index (χ1v) is 18.2. The van der Waals surface area contributed by atoms with E-state index in [1.54, 1.807) is 24.3 Å². The fourth-order valence-corrected chi connectivity index (χ4v) is 4.76. The van der Waals surface area contributed by atoms with Crippen molar-refractivity contribution in [2.45, 2.75) is 39.1 Å². The van der Waals surface area contributed by atoms with Crippen molar-refractivity contribution < 1.29 is 76.3 Å². The Morgan fingerprint density at radius 2 is 0.833 bits per heavy atom. The predicted octanol–water partition coefficient (Wildman–Crippen LogP) is 4.40. The van der Waals surface area contributed by atoms with Crippen molar-refractivity contribution >= 4 is 48.0 Å². The summed E-state index contributed by atoms with van der Waals surface area (Å²) in [6.07, 6.45) is -1.40. The van der Waals surface area contributed by atoms with Gasteiger partial charge in [-0.25, -0.2) is 38.4 Å². The molecule has 3 rings (SSSR count). The summed E-state index contributed by atoms with van der Waals surface area (Å²) in [7, 11) is 0.